The number of rotatable bonds is 4. The van der Waals surface area contributed by atoms with Crippen LogP contribution < -0.4 is 5.32 Å². The number of aromatic hydroxyl groups is 1. The lowest BCUT2D eigenvalue weighted by molar-refractivity contribution is -0.384. The Bertz CT molecular complexity index is 1030. The van der Waals surface area contributed by atoms with Gasteiger partial charge in [0.2, 0.25) is 0 Å². The van der Waals surface area contributed by atoms with Crippen LogP contribution in [0.4, 0.5) is 20.2 Å². The number of nitrogens with zero attached hydrogens (tertiary/aromatic N) is 4. The van der Waals surface area contributed by atoms with Gasteiger partial charge in [0.15, 0.2) is 5.65 Å². The molecule has 0 aliphatic heterocycles. The third-order valence-corrected chi connectivity index (χ3v) is 3.54. The predicted octanol–water partition coefficient (Wildman–Crippen LogP) is 2.84. The Kier molecular flexibility index (Phi) is 4.20. The van der Waals surface area contributed by atoms with Gasteiger partial charge in [-0.3, -0.25) is 14.9 Å². The summed E-state index contributed by atoms with van der Waals surface area (Å²) in [5.74, 6) is -1.27. The Hall–Kier alpha value is -3.63. The van der Waals surface area contributed by atoms with Gasteiger partial charge in [0.1, 0.15) is 17.0 Å². The van der Waals surface area contributed by atoms with Crippen LogP contribution >= 0.6 is 0 Å². The van der Waals surface area contributed by atoms with Gasteiger partial charge in [0, 0.05) is 11.8 Å². The first-order valence-corrected chi connectivity index (χ1v) is 7.20. The zero-order chi connectivity index (χ0) is 19.0. The van der Waals surface area contributed by atoms with E-state index in [1.165, 1.54) is 6.92 Å². The molecule has 26 heavy (non-hydrogen) atoms. The number of alkyl halides is 2. The van der Waals surface area contributed by atoms with Crippen molar-refractivity contribution >= 4 is 22.9 Å². The van der Waals surface area contributed by atoms with Crippen LogP contribution in [0, 0.1) is 17.0 Å². The average molecular weight is 363 g/mol. The number of phenolic OH excluding ortho intramolecular Hbond substituents is 1. The molecule has 0 radical (unpaired) electrons. The molecule has 3 rings (SSSR count). The molecule has 3 aromatic rings. The number of hydrogen-bond donors (Lipinski definition) is 2. The zero-order valence-corrected chi connectivity index (χ0v) is 13.2. The molecule has 1 amide bonds. The van der Waals surface area contributed by atoms with E-state index in [4.69, 9.17) is 0 Å². The number of aromatic nitrogens is 3. The predicted molar refractivity (Wildman–Crippen MR) is 85.4 cm³/mol. The molecule has 11 heteroatoms. The summed E-state index contributed by atoms with van der Waals surface area (Å²) in [4.78, 5) is 26.4. The smallest absolute Gasteiger partial charge is 0.280 e. The number of halogens is 2. The number of amides is 1. The molecule has 1 aromatic carbocycles. The van der Waals surface area contributed by atoms with Crippen LogP contribution in [0.15, 0.2) is 30.5 Å². The molecule has 0 spiro atoms. The molecule has 0 saturated heterocycles. The highest BCUT2D eigenvalue weighted by Gasteiger charge is 2.21. The van der Waals surface area contributed by atoms with Crippen molar-refractivity contribution in [2.45, 2.75) is 13.3 Å². The van der Waals surface area contributed by atoms with E-state index in [-0.39, 0.29) is 28.3 Å². The number of nitro groups is 1. The quantitative estimate of drug-likeness (QED) is 0.417. The van der Waals surface area contributed by atoms with Gasteiger partial charge in [-0.25, -0.2) is 18.3 Å². The SMILES string of the molecule is Cc1cc(C(F)F)n2ncc(C(=O)Nc3ccc([N+](=O)[O-])cc3O)c2n1. The molecule has 0 unspecified atom stereocenters. The summed E-state index contributed by atoms with van der Waals surface area (Å²) in [5, 5.41) is 26.6. The maximum absolute atomic E-state index is 13.1. The second-order valence-electron chi connectivity index (χ2n) is 5.33. The minimum Gasteiger partial charge on any atom is -0.506 e. The fourth-order valence-corrected chi connectivity index (χ4v) is 2.36. The molecule has 2 N–H and O–H groups in total. The third-order valence-electron chi connectivity index (χ3n) is 3.54. The second-order valence-corrected chi connectivity index (χ2v) is 5.33. The number of benzene rings is 1. The number of nitro benzene ring substituents is 1. The number of hydrogen-bond acceptors (Lipinski definition) is 6. The number of phenols is 1. The van der Waals surface area contributed by atoms with Gasteiger partial charge in [0.25, 0.3) is 18.0 Å². The van der Waals surface area contributed by atoms with Gasteiger partial charge < -0.3 is 10.4 Å². The average Bonchev–Trinajstić information content (AvgIpc) is 2.99. The normalized spacial score (nSPS) is 11.1. The molecule has 0 fully saturated rings. The zero-order valence-electron chi connectivity index (χ0n) is 13.2. The van der Waals surface area contributed by atoms with Crippen molar-refractivity contribution in [1.82, 2.24) is 14.6 Å². The number of non-ortho nitro benzene ring substituents is 1. The molecule has 2 heterocycles. The van der Waals surface area contributed by atoms with Crippen LogP contribution in [0.2, 0.25) is 0 Å². The van der Waals surface area contributed by atoms with Gasteiger partial charge in [-0.1, -0.05) is 0 Å². The molecular weight excluding hydrogens is 352 g/mol. The number of carbonyl (C=O) groups excluding carboxylic acids is 1. The van der Waals surface area contributed by atoms with Crippen molar-refractivity contribution in [1.29, 1.82) is 0 Å². The highest BCUT2D eigenvalue weighted by Crippen LogP contribution is 2.29. The fraction of sp³-hybridized carbons (Fsp3) is 0.133. The Morgan fingerprint density at radius 3 is 2.73 bits per heavy atom. The van der Waals surface area contributed by atoms with E-state index >= 15 is 0 Å². The molecule has 0 aliphatic rings. The van der Waals surface area contributed by atoms with E-state index < -0.39 is 28.7 Å². The molecule has 2 aromatic heterocycles. The van der Waals surface area contributed by atoms with E-state index in [9.17, 15) is 28.8 Å². The topological polar surface area (TPSA) is 123 Å². The van der Waals surface area contributed by atoms with Crippen LogP contribution in [0.3, 0.4) is 0 Å². The summed E-state index contributed by atoms with van der Waals surface area (Å²) in [5.41, 5.74) is -0.727. The van der Waals surface area contributed by atoms with Crippen molar-refractivity contribution in [2.75, 3.05) is 5.32 Å². The third kappa shape index (κ3) is 3.01. The Labute approximate surface area is 144 Å². The van der Waals surface area contributed by atoms with Crippen LogP contribution in [0.25, 0.3) is 5.65 Å². The Morgan fingerprint density at radius 2 is 2.12 bits per heavy atom. The summed E-state index contributed by atoms with van der Waals surface area (Å²) in [6.45, 7) is 1.50. The number of nitrogens with one attached hydrogen (secondary N) is 1. The van der Waals surface area contributed by atoms with Crippen molar-refractivity contribution < 1.29 is 23.6 Å². The molecule has 0 bridgehead atoms. The molecule has 9 nitrogen and oxygen atoms in total. The highest BCUT2D eigenvalue weighted by atomic mass is 19.3. The maximum atomic E-state index is 13.1. The largest absolute Gasteiger partial charge is 0.506 e. The lowest BCUT2D eigenvalue weighted by Gasteiger charge is -2.07. The number of carbonyl (C=O) groups is 1. The monoisotopic (exact) mass is 363 g/mol. The number of aryl methyl sites for hydroxylation is 1. The summed E-state index contributed by atoms with van der Waals surface area (Å²) in [6.07, 6.45) is -1.74. The van der Waals surface area contributed by atoms with Crippen molar-refractivity contribution in [3.63, 3.8) is 0 Å². The Balaban J connectivity index is 1.97. The van der Waals surface area contributed by atoms with Crippen LogP contribution in [0.5, 0.6) is 5.75 Å². The summed E-state index contributed by atoms with van der Waals surface area (Å²) in [6, 6.07) is 4.29. The van der Waals surface area contributed by atoms with E-state index in [0.717, 1.165) is 35.0 Å². The van der Waals surface area contributed by atoms with Crippen molar-refractivity contribution in [3.05, 3.63) is 57.5 Å². The lowest BCUT2D eigenvalue weighted by Crippen LogP contribution is -2.13. The number of anilines is 1. The molecular formula is C15H11F2N5O4. The van der Waals surface area contributed by atoms with E-state index in [0.29, 0.717) is 0 Å². The van der Waals surface area contributed by atoms with Crippen LogP contribution in [-0.4, -0.2) is 30.5 Å². The Morgan fingerprint density at radius 1 is 1.38 bits per heavy atom. The van der Waals surface area contributed by atoms with Gasteiger partial charge in [-0.05, 0) is 19.1 Å². The first-order chi connectivity index (χ1) is 12.3. The van der Waals surface area contributed by atoms with Gasteiger partial charge in [-0.2, -0.15) is 5.10 Å². The molecule has 134 valence electrons. The van der Waals surface area contributed by atoms with Crippen LogP contribution in [-0.2, 0) is 0 Å². The fourth-order valence-electron chi connectivity index (χ4n) is 2.36. The minimum atomic E-state index is -2.81. The van der Waals surface area contributed by atoms with Crippen molar-refractivity contribution in [3.8, 4) is 5.75 Å². The van der Waals surface area contributed by atoms with Gasteiger partial charge >= 0.3 is 0 Å². The second kappa shape index (κ2) is 6.35. The minimum absolute atomic E-state index is 0.0702. The molecule has 0 atom stereocenters. The van der Waals surface area contributed by atoms with E-state index in [1.807, 2.05) is 0 Å². The first kappa shape index (κ1) is 17.2. The molecule has 0 aliphatic carbocycles. The number of fused-ring (bicyclic) bond motifs is 1. The van der Waals surface area contributed by atoms with Gasteiger partial charge in [0.05, 0.1) is 22.9 Å². The van der Waals surface area contributed by atoms with Gasteiger partial charge in [-0.15, -0.1) is 0 Å². The maximum Gasteiger partial charge on any atom is 0.280 e. The summed E-state index contributed by atoms with van der Waals surface area (Å²) in [7, 11) is 0. The summed E-state index contributed by atoms with van der Waals surface area (Å²) >= 11 is 0. The van der Waals surface area contributed by atoms with E-state index in [1.54, 1.807) is 0 Å². The lowest BCUT2D eigenvalue weighted by atomic mass is 10.2. The van der Waals surface area contributed by atoms with Crippen LogP contribution in [0.1, 0.15) is 28.2 Å². The molecule has 0 saturated carbocycles. The first-order valence-electron chi connectivity index (χ1n) is 7.20. The van der Waals surface area contributed by atoms with E-state index in [2.05, 4.69) is 15.4 Å². The van der Waals surface area contributed by atoms with Crippen molar-refractivity contribution in [2.24, 2.45) is 0 Å². The standard InChI is InChI=1S/C15H11F2N5O4/c1-7-4-11(13(16)17)21-14(19-7)9(6-18-21)15(24)20-10-3-2-8(22(25)26)5-12(10)23/h2-6,13,23H,1H3,(H,20,24). The highest BCUT2D eigenvalue weighted by molar-refractivity contribution is 6.08. The summed E-state index contributed by atoms with van der Waals surface area (Å²) < 4.78 is 27.1.